The molecular weight excluding hydrogens is 164 g/mol. The van der Waals surface area contributed by atoms with Crippen molar-refractivity contribution in [1.29, 1.82) is 0 Å². The Hall–Kier alpha value is -1.52. The van der Waals surface area contributed by atoms with E-state index in [2.05, 4.69) is 16.1 Å². The molecule has 1 aliphatic heterocycles. The van der Waals surface area contributed by atoms with Crippen molar-refractivity contribution in [1.82, 2.24) is 0 Å². The number of hydrogen-bond donors (Lipinski definition) is 1. The number of carboxylic acids is 1. The maximum absolute atomic E-state index is 10.4. The van der Waals surface area contributed by atoms with Crippen molar-refractivity contribution in [3.8, 4) is 0 Å². The molecule has 5 nitrogen and oxygen atoms in total. The molecule has 0 aliphatic carbocycles. The molecule has 0 bridgehead atoms. The van der Waals surface area contributed by atoms with Crippen molar-refractivity contribution in [2.75, 3.05) is 6.61 Å². The highest BCUT2D eigenvalue weighted by atomic mass is 16.8. The third-order valence-electron chi connectivity index (χ3n) is 1.43. The molecule has 5 heteroatoms. The SMILES string of the molecule is C=C(CC1COC(=O)O1)C(=O)O. The predicted molar refractivity (Wildman–Crippen MR) is 37.6 cm³/mol. The van der Waals surface area contributed by atoms with Crippen molar-refractivity contribution in [3.05, 3.63) is 12.2 Å². The summed E-state index contributed by atoms with van der Waals surface area (Å²) in [6.07, 6.45) is -1.14. The third kappa shape index (κ3) is 1.98. The topological polar surface area (TPSA) is 72.8 Å². The van der Waals surface area contributed by atoms with Gasteiger partial charge in [-0.2, -0.15) is 0 Å². The summed E-state index contributed by atoms with van der Waals surface area (Å²) in [6.45, 7) is 3.40. The van der Waals surface area contributed by atoms with Gasteiger partial charge >= 0.3 is 12.1 Å². The van der Waals surface area contributed by atoms with Crippen LogP contribution in [0.2, 0.25) is 0 Å². The fourth-order valence-corrected chi connectivity index (χ4v) is 0.828. The van der Waals surface area contributed by atoms with Gasteiger partial charge in [0.05, 0.1) is 0 Å². The smallest absolute Gasteiger partial charge is 0.478 e. The molecular formula is C7H8O5. The van der Waals surface area contributed by atoms with E-state index in [9.17, 15) is 9.59 Å². The van der Waals surface area contributed by atoms with Crippen LogP contribution < -0.4 is 0 Å². The summed E-state index contributed by atoms with van der Waals surface area (Å²) in [6, 6.07) is 0. The van der Waals surface area contributed by atoms with Gasteiger partial charge in [-0.1, -0.05) is 6.58 Å². The van der Waals surface area contributed by atoms with E-state index in [1.165, 1.54) is 0 Å². The molecule has 1 aliphatic rings. The molecule has 0 amide bonds. The molecule has 1 N–H and O–H groups in total. The summed E-state index contributed by atoms with van der Waals surface area (Å²) in [5.41, 5.74) is 0.0123. The van der Waals surface area contributed by atoms with Gasteiger partial charge in [-0.3, -0.25) is 0 Å². The van der Waals surface area contributed by atoms with Crippen LogP contribution in [0.1, 0.15) is 6.42 Å². The number of ether oxygens (including phenoxy) is 2. The van der Waals surface area contributed by atoms with Gasteiger partial charge in [0, 0.05) is 12.0 Å². The second kappa shape index (κ2) is 3.25. The van der Waals surface area contributed by atoms with Crippen LogP contribution in [0.25, 0.3) is 0 Å². The van der Waals surface area contributed by atoms with Crippen LogP contribution >= 0.6 is 0 Å². The zero-order valence-electron chi connectivity index (χ0n) is 6.28. The summed E-state index contributed by atoms with van der Waals surface area (Å²) in [5.74, 6) is -1.09. The van der Waals surface area contributed by atoms with Crippen LogP contribution in [0.15, 0.2) is 12.2 Å². The minimum Gasteiger partial charge on any atom is -0.478 e. The Bertz CT molecular complexity index is 232. The standard InChI is InChI=1S/C7H8O5/c1-4(6(8)9)2-5-3-11-7(10)12-5/h5H,1-3H2,(H,8,9). The van der Waals surface area contributed by atoms with Gasteiger partial charge in [-0.05, 0) is 0 Å². The van der Waals surface area contributed by atoms with Crippen molar-refractivity contribution in [2.45, 2.75) is 12.5 Å². The van der Waals surface area contributed by atoms with Gasteiger partial charge in [0.1, 0.15) is 12.7 Å². The summed E-state index contributed by atoms with van der Waals surface area (Å²) in [7, 11) is 0. The first-order valence-corrected chi connectivity index (χ1v) is 3.34. The summed E-state index contributed by atoms with van der Waals surface area (Å²) in [5, 5.41) is 8.43. The first-order chi connectivity index (χ1) is 5.59. The van der Waals surface area contributed by atoms with Crippen LogP contribution in [0.3, 0.4) is 0 Å². The molecule has 1 heterocycles. The highest BCUT2D eigenvalue weighted by Gasteiger charge is 2.26. The van der Waals surface area contributed by atoms with Crippen molar-refractivity contribution in [3.63, 3.8) is 0 Å². The molecule has 0 aromatic rings. The highest BCUT2D eigenvalue weighted by molar-refractivity contribution is 5.85. The number of carbonyl (C=O) groups is 2. The van der Waals surface area contributed by atoms with Crippen LogP contribution in [0, 0.1) is 0 Å². The minimum atomic E-state index is -1.09. The maximum Gasteiger partial charge on any atom is 0.508 e. The maximum atomic E-state index is 10.4. The van der Waals surface area contributed by atoms with E-state index < -0.39 is 18.2 Å². The first kappa shape index (κ1) is 8.58. The van der Waals surface area contributed by atoms with Gasteiger partial charge in [0.15, 0.2) is 0 Å². The average Bonchev–Trinajstić information content (AvgIpc) is 2.35. The molecule has 0 aromatic carbocycles. The van der Waals surface area contributed by atoms with E-state index in [4.69, 9.17) is 5.11 Å². The number of hydrogen-bond acceptors (Lipinski definition) is 4. The number of carbonyl (C=O) groups excluding carboxylic acids is 1. The Morgan fingerprint density at radius 2 is 2.42 bits per heavy atom. The molecule has 0 radical (unpaired) electrons. The Morgan fingerprint density at radius 3 is 2.83 bits per heavy atom. The number of aliphatic carboxylic acids is 1. The largest absolute Gasteiger partial charge is 0.508 e. The third-order valence-corrected chi connectivity index (χ3v) is 1.43. The summed E-state index contributed by atoms with van der Waals surface area (Å²) in [4.78, 5) is 20.7. The Kier molecular flexibility index (Phi) is 2.32. The van der Waals surface area contributed by atoms with Crippen LogP contribution in [0.5, 0.6) is 0 Å². The fourth-order valence-electron chi connectivity index (χ4n) is 0.828. The van der Waals surface area contributed by atoms with Gasteiger partial charge in [0.2, 0.25) is 0 Å². The first-order valence-electron chi connectivity index (χ1n) is 3.34. The van der Waals surface area contributed by atoms with Crippen molar-refractivity contribution < 1.29 is 24.2 Å². The van der Waals surface area contributed by atoms with Crippen molar-refractivity contribution in [2.24, 2.45) is 0 Å². The molecule has 1 atom stereocenters. The molecule has 1 rings (SSSR count). The predicted octanol–water partition coefficient (Wildman–Crippen LogP) is 0.553. The van der Waals surface area contributed by atoms with Crippen molar-refractivity contribution >= 4 is 12.1 Å². The quantitative estimate of drug-likeness (QED) is 0.497. The molecule has 1 saturated heterocycles. The molecule has 12 heavy (non-hydrogen) atoms. The Labute approximate surface area is 68.6 Å². The summed E-state index contributed by atoms with van der Waals surface area (Å²) >= 11 is 0. The molecule has 0 aromatic heterocycles. The van der Waals surface area contributed by atoms with E-state index in [0.717, 1.165) is 0 Å². The Morgan fingerprint density at radius 1 is 1.75 bits per heavy atom. The summed E-state index contributed by atoms with van der Waals surface area (Å²) < 4.78 is 9.05. The van der Waals surface area contributed by atoms with E-state index in [-0.39, 0.29) is 18.6 Å². The minimum absolute atomic E-state index is 0.0123. The van der Waals surface area contributed by atoms with E-state index in [1.807, 2.05) is 0 Å². The second-order valence-corrected chi connectivity index (χ2v) is 2.41. The molecule has 1 unspecified atom stereocenters. The van der Waals surface area contributed by atoms with Crippen LogP contribution in [-0.4, -0.2) is 29.9 Å². The normalized spacial score (nSPS) is 21.3. The lowest BCUT2D eigenvalue weighted by Crippen LogP contribution is -2.13. The highest BCUT2D eigenvalue weighted by Crippen LogP contribution is 2.13. The molecule has 66 valence electrons. The van der Waals surface area contributed by atoms with Crippen LogP contribution in [0.4, 0.5) is 4.79 Å². The molecule has 1 fully saturated rings. The number of rotatable bonds is 3. The Balaban J connectivity index is 2.37. The molecule has 0 saturated carbocycles. The lowest BCUT2D eigenvalue weighted by Gasteiger charge is -2.04. The zero-order chi connectivity index (χ0) is 9.14. The lowest BCUT2D eigenvalue weighted by molar-refractivity contribution is -0.133. The van der Waals surface area contributed by atoms with Gasteiger partial charge in [0.25, 0.3) is 0 Å². The zero-order valence-corrected chi connectivity index (χ0v) is 6.28. The monoisotopic (exact) mass is 172 g/mol. The van der Waals surface area contributed by atoms with E-state index in [1.54, 1.807) is 0 Å². The van der Waals surface area contributed by atoms with Crippen LogP contribution in [-0.2, 0) is 14.3 Å². The van der Waals surface area contributed by atoms with Gasteiger partial charge in [-0.15, -0.1) is 0 Å². The van der Waals surface area contributed by atoms with Gasteiger partial charge in [-0.25, -0.2) is 9.59 Å². The number of carboxylic acid groups (broad SMARTS) is 1. The lowest BCUT2D eigenvalue weighted by atomic mass is 10.1. The van der Waals surface area contributed by atoms with Gasteiger partial charge < -0.3 is 14.6 Å². The number of cyclic esters (lactones) is 2. The second-order valence-electron chi connectivity index (χ2n) is 2.41. The molecule has 0 spiro atoms. The van der Waals surface area contributed by atoms with E-state index in [0.29, 0.717) is 0 Å². The fraction of sp³-hybridized carbons (Fsp3) is 0.429. The average molecular weight is 172 g/mol. The van der Waals surface area contributed by atoms with E-state index >= 15 is 0 Å².